The monoisotopic (exact) mass is 236 g/mol. The molecule has 0 unspecified atom stereocenters. The molecule has 92 valence electrons. The number of nitrogens with zero attached hydrogens (tertiary/aromatic N) is 1. The van der Waals surface area contributed by atoms with Gasteiger partial charge in [0.25, 0.3) is 5.91 Å². The molecule has 4 heteroatoms. The van der Waals surface area contributed by atoms with Crippen LogP contribution in [0.25, 0.3) is 0 Å². The Morgan fingerprint density at radius 2 is 2.12 bits per heavy atom. The van der Waals surface area contributed by atoms with Crippen molar-refractivity contribution in [3.8, 4) is 0 Å². The second-order valence-electron chi connectivity index (χ2n) is 4.92. The zero-order valence-corrected chi connectivity index (χ0v) is 10.0. The quantitative estimate of drug-likeness (QED) is 0.802. The van der Waals surface area contributed by atoms with Gasteiger partial charge in [0.15, 0.2) is 0 Å². The Labute approximate surface area is 100 Å². The molecule has 1 aromatic rings. The maximum Gasteiger partial charge on any atom is 0.256 e. The average molecular weight is 236 g/mol. The van der Waals surface area contributed by atoms with Gasteiger partial charge in [0.2, 0.25) is 5.95 Å². The molecule has 1 saturated carbocycles. The summed E-state index contributed by atoms with van der Waals surface area (Å²) in [5.74, 6) is -1.07. The summed E-state index contributed by atoms with van der Waals surface area (Å²) in [5, 5.41) is 2.93. The van der Waals surface area contributed by atoms with Crippen LogP contribution in [0.4, 0.5) is 4.39 Å². The van der Waals surface area contributed by atoms with E-state index in [0.29, 0.717) is 0 Å². The maximum atomic E-state index is 13.3. The standard InChI is InChI=1S/C13H17FN2O/c1-13(7-3-2-4-8-13)16-12(17)10-6-5-9-15-11(10)14/h5-6,9H,2-4,7-8H2,1H3,(H,16,17). The highest BCUT2D eigenvalue weighted by molar-refractivity contribution is 5.94. The number of nitrogens with one attached hydrogen (secondary N) is 1. The summed E-state index contributed by atoms with van der Waals surface area (Å²) in [6.07, 6.45) is 6.71. The van der Waals surface area contributed by atoms with Crippen LogP contribution in [0.1, 0.15) is 49.4 Å². The van der Waals surface area contributed by atoms with Crippen molar-refractivity contribution in [1.82, 2.24) is 10.3 Å². The van der Waals surface area contributed by atoms with Gasteiger partial charge in [-0.2, -0.15) is 4.39 Å². The molecule has 1 amide bonds. The lowest BCUT2D eigenvalue weighted by atomic mass is 9.83. The molecular weight excluding hydrogens is 219 g/mol. The van der Waals surface area contributed by atoms with Crippen LogP contribution in [-0.2, 0) is 0 Å². The van der Waals surface area contributed by atoms with Gasteiger partial charge in [0, 0.05) is 11.7 Å². The first-order valence-electron chi connectivity index (χ1n) is 6.04. The van der Waals surface area contributed by atoms with E-state index in [9.17, 15) is 9.18 Å². The van der Waals surface area contributed by atoms with Crippen LogP contribution in [0, 0.1) is 5.95 Å². The number of carbonyl (C=O) groups excluding carboxylic acids is 1. The van der Waals surface area contributed by atoms with E-state index in [4.69, 9.17) is 0 Å². The molecular formula is C13H17FN2O. The zero-order chi connectivity index (χ0) is 12.3. The molecule has 1 heterocycles. The minimum Gasteiger partial charge on any atom is -0.347 e. The van der Waals surface area contributed by atoms with Crippen LogP contribution in [0.15, 0.2) is 18.3 Å². The molecule has 0 bridgehead atoms. The second kappa shape index (κ2) is 4.82. The van der Waals surface area contributed by atoms with Crippen molar-refractivity contribution in [2.24, 2.45) is 0 Å². The first-order valence-corrected chi connectivity index (χ1v) is 6.04. The van der Waals surface area contributed by atoms with E-state index in [0.717, 1.165) is 25.7 Å². The number of aromatic nitrogens is 1. The molecule has 1 aromatic heterocycles. The SMILES string of the molecule is CC1(NC(=O)c2cccnc2F)CCCCC1. The summed E-state index contributed by atoms with van der Waals surface area (Å²) in [5.41, 5.74) is -0.170. The van der Waals surface area contributed by atoms with Gasteiger partial charge in [-0.25, -0.2) is 4.98 Å². The smallest absolute Gasteiger partial charge is 0.256 e. The van der Waals surface area contributed by atoms with Gasteiger partial charge in [-0.1, -0.05) is 19.3 Å². The van der Waals surface area contributed by atoms with Crippen LogP contribution in [0.2, 0.25) is 0 Å². The maximum absolute atomic E-state index is 13.3. The van der Waals surface area contributed by atoms with Gasteiger partial charge in [-0.05, 0) is 31.9 Å². The fraction of sp³-hybridized carbons (Fsp3) is 0.538. The molecule has 2 rings (SSSR count). The van der Waals surface area contributed by atoms with Gasteiger partial charge in [0.05, 0.1) is 5.56 Å². The van der Waals surface area contributed by atoms with Crippen LogP contribution >= 0.6 is 0 Å². The molecule has 0 saturated heterocycles. The molecule has 1 aliphatic carbocycles. The average Bonchev–Trinajstić information content (AvgIpc) is 2.29. The lowest BCUT2D eigenvalue weighted by Gasteiger charge is -2.34. The summed E-state index contributed by atoms with van der Waals surface area (Å²) >= 11 is 0. The Morgan fingerprint density at radius 3 is 2.76 bits per heavy atom. The number of carbonyl (C=O) groups is 1. The van der Waals surface area contributed by atoms with Gasteiger partial charge < -0.3 is 5.32 Å². The van der Waals surface area contributed by atoms with Crippen LogP contribution in [-0.4, -0.2) is 16.4 Å². The number of hydrogen-bond acceptors (Lipinski definition) is 2. The Bertz CT molecular complexity index is 414. The third-order valence-corrected chi connectivity index (χ3v) is 3.38. The third-order valence-electron chi connectivity index (χ3n) is 3.38. The molecule has 1 fully saturated rings. The molecule has 17 heavy (non-hydrogen) atoms. The highest BCUT2D eigenvalue weighted by atomic mass is 19.1. The number of amides is 1. The lowest BCUT2D eigenvalue weighted by molar-refractivity contribution is 0.0877. The topological polar surface area (TPSA) is 42.0 Å². The Kier molecular flexibility index (Phi) is 3.41. The highest BCUT2D eigenvalue weighted by Crippen LogP contribution is 2.27. The van der Waals surface area contributed by atoms with Gasteiger partial charge in [-0.15, -0.1) is 0 Å². The molecule has 1 N–H and O–H groups in total. The Balaban J connectivity index is 2.09. The molecule has 0 aromatic carbocycles. The minimum atomic E-state index is -0.704. The van der Waals surface area contributed by atoms with Gasteiger partial charge >= 0.3 is 0 Å². The van der Waals surface area contributed by atoms with Crippen molar-refractivity contribution in [2.45, 2.75) is 44.6 Å². The van der Waals surface area contributed by atoms with E-state index < -0.39 is 5.95 Å². The van der Waals surface area contributed by atoms with Crippen LogP contribution < -0.4 is 5.32 Å². The fourth-order valence-electron chi connectivity index (χ4n) is 2.35. The normalized spacial score (nSPS) is 18.7. The van der Waals surface area contributed by atoms with Gasteiger partial charge in [-0.3, -0.25) is 4.79 Å². The summed E-state index contributed by atoms with van der Waals surface area (Å²) in [7, 11) is 0. The van der Waals surface area contributed by atoms with Crippen molar-refractivity contribution in [3.63, 3.8) is 0 Å². The highest BCUT2D eigenvalue weighted by Gasteiger charge is 2.29. The van der Waals surface area contributed by atoms with Crippen molar-refractivity contribution >= 4 is 5.91 Å². The van der Waals surface area contributed by atoms with E-state index in [1.165, 1.54) is 18.7 Å². The predicted octanol–water partition coefficient (Wildman–Crippen LogP) is 2.67. The van der Waals surface area contributed by atoms with Gasteiger partial charge in [0.1, 0.15) is 0 Å². The lowest BCUT2D eigenvalue weighted by Crippen LogP contribution is -2.47. The number of hydrogen-bond donors (Lipinski definition) is 1. The van der Waals surface area contributed by atoms with Crippen LogP contribution in [0.5, 0.6) is 0 Å². The summed E-state index contributed by atoms with van der Waals surface area (Å²) in [4.78, 5) is 15.4. The Morgan fingerprint density at radius 1 is 1.41 bits per heavy atom. The Hall–Kier alpha value is -1.45. The fourth-order valence-corrected chi connectivity index (χ4v) is 2.35. The molecule has 0 aliphatic heterocycles. The third kappa shape index (κ3) is 2.81. The van der Waals surface area contributed by atoms with Crippen molar-refractivity contribution in [3.05, 3.63) is 29.8 Å². The van der Waals surface area contributed by atoms with Crippen molar-refractivity contribution in [2.75, 3.05) is 0 Å². The largest absolute Gasteiger partial charge is 0.347 e. The zero-order valence-electron chi connectivity index (χ0n) is 10.0. The molecule has 0 radical (unpaired) electrons. The first kappa shape index (κ1) is 12.0. The summed E-state index contributed by atoms with van der Waals surface area (Å²) in [6, 6.07) is 3.03. The van der Waals surface area contributed by atoms with E-state index in [1.54, 1.807) is 6.07 Å². The van der Waals surface area contributed by atoms with Crippen LogP contribution in [0.3, 0.4) is 0 Å². The molecule has 0 atom stereocenters. The number of pyridine rings is 1. The van der Waals surface area contributed by atoms with E-state index in [-0.39, 0.29) is 17.0 Å². The molecule has 1 aliphatic rings. The summed E-state index contributed by atoms with van der Waals surface area (Å²) < 4.78 is 13.3. The number of rotatable bonds is 2. The predicted molar refractivity (Wildman–Crippen MR) is 63.2 cm³/mol. The number of halogens is 1. The summed E-state index contributed by atoms with van der Waals surface area (Å²) in [6.45, 7) is 2.03. The van der Waals surface area contributed by atoms with Crippen molar-refractivity contribution < 1.29 is 9.18 Å². The van der Waals surface area contributed by atoms with Crippen molar-refractivity contribution in [1.29, 1.82) is 0 Å². The van der Waals surface area contributed by atoms with E-state index >= 15 is 0 Å². The second-order valence-corrected chi connectivity index (χ2v) is 4.92. The first-order chi connectivity index (χ1) is 8.11. The van der Waals surface area contributed by atoms with E-state index in [1.807, 2.05) is 6.92 Å². The molecule has 0 spiro atoms. The molecule has 3 nitrogen and oxygen atoms in total. The van der Waals surface area contributed by atoms with E-state index in [2.05, 4.69) is 10.3 Å². The minimum absolute atomic E-state index is 0.0271.